The van der Waals surface area contributed by atoms with Crippen LogP contribution in [0.25, 0.3) is 0 Å². The number of rotatable bonds is 9. The zero-order valence-corrected chi connectivity index (χ0v) is 13.4. The molecule has 0 atom stereocenters. The summed E-state index contributed by atoms with van der Waals surface area (Å²) in [5.41, 5.74) is 3.33. The monoisotopic (exact) mass is 329 g/mol. The molecule has 1 amide bonds. The van der Waals surface area contributed by atoms with Gasteiger partial charge in [-0.25, -0.2) is 4.79 Å². The molecule has 0 radical (unpaired) electrons. The van der Waals surface area contributed by atoms with Crippen LogP contribution in [-0.4, -0.2) is 38.8 Å². The molecule has 0 aliphatic carbocycles. The lowest BCUT2D eigenvalue weighted by molar-refractivity contribution is -0.119. The molecule has 1 aromatic carbocycles. The summed E-state index contributed by atoms with van der Waals surface area (Å²) in [6.45, 7) is 1.40. The zero-order chi connectivity index (χ0) is 16.4. The quantitative estimate of drug-likeness (QED) is 0.204. The summed E-state index contributed by atoms with van der Waals surface area (Å²) in [5, 5.41) is 3.08. The fourth-order valence-electron chi connectivity index (χ4n) is 1.48. The molecule has 8 nitrogen and oxygen atoms in total. The Hall–Kier alpha value is -1.97. The van der Waals surface area contributed by atoms with Crippen molar-refractivity contribution in [1.82, 2.24) is 10.3 Å². The molecule has 122 valence electrons. The minimum atomic E-state index is -0.501. The number of nitrogens with one attached hydrogen (secondary N) is 3. The van der Waals surface area contributed by atoms with Crippen LogP contribution in [0, 0.1) is 0 Å². The van der Waals surface area contributed by atoms with Gasteiger partial charge in [-0.3, -0.25) is 10.2 Å². The summed E-state index contributed by atoms with van der Waals surface area (Å²) in [4.78, 5) is 25.1. The highest BCUT2D eigenvalue weighted by Gasteiger charge is 2.16. The van der Waals surface area contributed by atoms with E-state index < -0.39 is 5.97 Å². The fraction of sp³-hybridized carbons (Fsp3) is 0.385. The molecule has 0 aliphatic heterocycles. The number of ether oxygens (including phenoxy) is 3. The number of hydrazine groups is 1. The lowest BCUT2D eigenvalue weighted by Gasteiger charge is -2.15. The third-order valence-corrected chi connectivity index (χ3v) is 2.91. The molecule has 0 spiro atoms. The molecule has 1 aromatic rings. The lowest BCUT2D eigenvalue weighted by atomic mass is 10.1. The first-order valence-corrected chi connectivity index (χ1v) is 7.29. The molecule has 1 rings (SSSR count). The number of carbonyl (C=O) groups is 2. The van der Waals surface area contributed by atoms with Crippen molar-refractivity contribution in [1.29, 1.82) is 0 Å². The zero-order valence-electron chi connectivity index (χ0n) is 12.6. The first-order valence-electron chi connectivity index (χ1n) is 6.30. The number of hydrogen-bond acceptors (Lipinski definition) is 8. The molecule has 0 saturated heterocycles. The number of amides is 1. The molecule has 0 heterocycles. The Morgan fingerprint density at radius 1 is 1.27 bits per heavy atom. The van der Waals surface area contributed by atoms with Crippen LogP contribution in [0.2, 0.25) is 0 Å². The van der Waals surface area contributed by atoms with Crippen LogP contribution in [-0.2, 0) is 14.3 Å². The van der Waals surface area contributed by atoms with Gasteiger partial charge >= 0.3 is 5.97 Å². The topological polar surface area (TPSA) is 97.9 Å². The van der Waals surface area contributed by atoms with E-state index >= 15 is 0 Å². The van der Waals surface area contributed by atoms with Crippen molar-refractivity contribution < 1.29 is 23.8 Å². The average molecular weight is 329 g/mol. The summed E-state index contributed by atoms with van der Waals surface area (Å²) < 4.78 is 15.1. The Labute approximate surface area is 133 Å². The molecular formula is C13H19N3O5S. The number of para-hydroxylation sites is 1. The maximum atomic E-state index is 11.8. The summed E-state index contributed by atoms with van der Waals surface area (Å²) in [5.74, 6) is 0.0771. The molecule has 9 heteroatoms. The Morgan fingerprint density at radius 3 is 2.68 bits per heavy atom. The first-order chi connectivity index (χ1) is 10.6. The first kappa shape index (κ1) is 18.1. The molecule has 0 aliphatic rings. The number of methoxy groups -OCH3 is 2. The van der Waals surface area contributed by atoms with Gasteiger partial charge in [0.2, 0.25) is 5.91 Å². The van der Waals surface area contributed by atoms with Gasteiger partial charge in [0.1, 0.15) is 5.56 Å². The van der Waals surface area contributed by atoms with E-state index in [1.54, 1.807) is 18.2 Å². The molecule has 0 aromatic heterocycles. The van der Waals surface area contributed by atoms with Gasteiger partial charge in [-0.05, 0) is 24.1 Å². The molecule has 0 bridgehead atoms. The number of hydrogen-bond donors (Lipinski definition) is 3. The van der Waals surface area contributed by atoms with Gasteiger partial charge in [-0.1, -0.05) is 6.07 Å². The Morgan fingerprint density at radius 2 is 2.05 bits per heavy atom. The van der Waals surface area contributed by atoms with E-state index in [1.807, 2.05) is 0 Å². The van der Waals surface area contributed by atoms with Crippen LogP contribution in [0.3, 0.4) is 0 Å². The van der Waals surface area contributed by atoms with E-state index in [2.05, 4.69) is 15.6 Å². The molecular weight excluding hydrogens is 310 g/mol. The van der Waals surface area contributed by atoms with Crippen molar-refractivity contribution in [3.63, 3.8) is 0 Å². The molecule has 3 N–H and O–H groups in total. The summed E-state index contributed by atoms with van der Waals surface area (Å²) in [6.07, 6.45) is 0. The smallest absolute Gasteiger partial charge is 0.341 e. The van der Waals surface area contributed by atoms with Crippen molar-refractivity contribution in [2.45, 2.75) is 6.92 Å². The van der Waals surface area contributed by atoms with Crippen LogP contribution < -0.4 is 20.3 Å². The van der Waals surface area contributed by atoms with Gasteiger partial charge in [0.25, 0.3) is 0 Å². The number of anilines is 1. The Balaban J connectivity index is 2.74. The highest BCUT2D eigenvalue weighted by Crippen LogP contribution is 2.30. The second kappa shape index (κ2) is 9.87. The fourth-order valence-corrected chi connectivity index (χ4v) is 1.99. The maximum absolute atomic E-state index is 11.8. The van der Waals surface area contributed by atoms with Gasteiger partial charge in [0.15, 0.2) is 12.5 Å². The standard InChI is InChI=1S/C13H19N3O5S/c1-9(17)15-16-22-7-14-11-6-4-5-10(13(18)20-3)12(11)21-8-19-2/h4-6,14,16H,7-8H2,1-3H3,(H,15,17). The maximum Gasteiger partial charge on any atom is 0.341 e. The summed E-state index contributed by atoms with van der Waals surface area (Å²) >= 11 is 1.23. The number of benzene rings is 1. The minimum absolute atomic E-state index is 0.0000272. The Kier molecular flexibility index (Phi) is 8.11. The van der Waals surface area contributed by atoms with Crippen LogP contribution in [0.4, 0.5) is 5.69 Å². The second-order valence-electron chi connectivity index (χ2n) is 3.97. The number of esters is 1. The molecule has 0 saturated carbocycles. The van der Waals surface area contributed by atoms with E-state index in [0.717, 1.165) is 0 Å². The summed E-state index contributed by atoms with van der Waals surface area (Å²) in [7, 11) is 2.79. The van der Waals surface area contributed by atoms with Gasteiger partial charge < -0.3 is 19.5 Å². The average Bonchev–Trinajstić information content (AvgIpc) is 2.51. The minimum Gasteiger partial charge on any atom is -0.465 e. The molecule has 0 unspecified atom stereocenters. The predicted octanol–water partition coefficient (Wildman–Crippen LogP) is 1.11. The Bertz CT molecular complexity index is 512. The van der Waals surface area contributed by atoms with E-state index in [9.17, 15) is 9.59 Å². The second-order valence-corrected chi connectivity index (χ2v) is 4.75. The third kappa shape index (κ3) is 5.80. The van der Waals surface area contributed by atoms with Crippen molar-refractivity contribution in [3.8, 4) is 5.75 Å². The molecule has 0 fully saturated rings. The van der Waals surface area contributed by atoms with E-state index in [-0.39, 0.29) is 12.7 Å². The van der Waals surface area contributed by atoms with Crippen LogP contribution in [0.1, 0.15) is 17.3 Å². The van der Waals surface area contributed by atoms with Gasteiger partial charge in [-0.2, -0.15) is 4.83 Å². The van der Waals surface area contributed by atoms with Crippen molar-refractivity contribution in [2.75, 3.05) is 32.2 Å². The van der Waals surface area contributed by atoms with Crippen molar-refractivity contribution >= 4 is 29.5 Å². The van der Waals surface area contributed by atoms with E-state index in [0.29, 0.717) is 22.9 Å². The van der Waals surface area contributed by atoms with Crippen LogP contribution >= 0.6 is 11.9 Å². The molecule has 22 heavy (non-hydrogen) atoms. The van der Waals surface area contributed by atoms with Crippen molar-refractivity contribution in [3.05, 3.63) is 23.8 Å². The van der Waals surface area contributed by atoms with E-state index in [4.69, 9.17) is 14.2 Å². The van der Waals surface area contributed by atoms with Crippen molar-refractivity contribution in [2.24, 2.45) is 0 Å². The number of carbonyl (C=O) groups excluding carboxylic acids is 2. The van der Waals surface area contributed by atoms with Crippen LogP contribution in [0.5, 0.6) is 5.75 Å². The van der Waals surface area contributed by atoms with Gasteiger partial charge in [0.05, 0.1) is 18.7 Å². The normalized spacial score (nSPS) is 9.95. The lowest BCUT2D eigenvalue weighted by Crippen LogP contribution is -2.31. The SMILES string of the molecule is COCOc1c(NCSNNC(C)=O)cccc1C(=O)OC. The highest BCUT2D eigenvalue weighted by molar-refractivity contribution is 7.97. The van der Waals surface area contributed by atoms with Gasteiger partial charge in [0, 0.05) is 14.0 Å². The highest BCUT2D eigenvalue weighted by atomic mass is 32.2. The largest absolute Gasteiger partial charge is 0.465 e. The summed E-state index contributed by atoms with van der Waals surface area (Å²) in [6, 6.07) is 5.07. The van der Waals surface area contributed by atoms with E-state index in [1.165, 1.54) is 33.1 Å². The van der Waals surface area contributed by atoms with Gasteiger partial charge in [-0.15, -0.1) is 0 Å². The third-order valence-electron chi connectivity index (χ3n) is 2.38. The van der Waals surface area contributed by atoms with Crippen LogP contribution in [0.15, 0.2) is 18.2 Å². The predicted molar refractivity (Wildman–Crippen MR) is 83.3 cm³/mol.